The van der Waals surface area contributed by atoms with Crippen LogP contribution >= 0.6 is 7.26 Å². The highest BCUT2D eigenvalue weighted by Gasteiger charge is 2.48. The molecule has 3 aromatic rings. The van der Waals surface area contributed by atoms with Gasteiger partial charge in [-0.25, -0.2) is 0 Å². The molecule has 0 fully saturated rings. The molecule has 102 valence electrons. The standard InChI is InChI=1S/C20H18P/c1-15-11-13-16(14-12-15)21(2)19-9-5-3-7-17(19)18-8-4-6-10-20(18)21/h3-14H,1-2H3/q+1. The van der Waals surface area contributed by atoms with E-state index in [1.54, 1.807) is 0 Å². The molecular weight excluding hydrogens is 271 g/mol. The lowest BCUT2D eigenvalue weighted by molar-refractivity contribution is 1.49. The first-order valence-corrected chi connectivity index (χ1v) is 9.58. The maximum Gasteiger partial charge on any atom is 0.112 e. The van der Waals surface area contributed by atoms with Gasteiger partial charge in [0.1, 0.15) is 23.2 Å². The summed E-state index contributed by atoms with van der Waals surface area (Å²) in [6.07, 6.45) is 0. The van der Waals surface area contributed by atoms with Crippen molar-refractivity contribution in [1.29, 1.82) is 0 Å². The topological polar surface area (TPSA) is 0 Å². The highest BCUT2D eigenvalue weighted by molar-refractivity contribution is 7.96. The van der Waals surface area contributed by atoms with Gasteiger partial charge in [-0.1, -0.05) is 54.1 Å². The Hall–Kier alpha value is -1.91. The zero-order valence-electron chi connectivity index (χ0n) is 12.4. The van der Waals surface area contributed by atoms with Crippen molar-refractivity contribution >= 4 is 23.2 Å². The van der Waals surface area contributed by atoms with Crippen LogP contribution in [0.25, 0.3) is 11.1 Å². The number of hydrogen-bond acceptors (Lipinski definition) is 0. The van der Waals surface area contributed by atoms with E-state index in [1.807, 2.05) is 0 Å². The summed E-state index contributed by atoms with van der Waals surface area (Å²) in [7, 11) is -1.47. The smallest absolute Gasteiger partial charge is 0.0614 e. The lowest BCUT2D eigenvalue weighted by Crippen LogP contribution is -2.26. The first kappa shape index (κ1) is 12.8. The predicted molar refractivity (Wildman–Crippen MR) is 94.8 cm³/mol. The van der Waals surface area contributed by atoms with Gasteiger partial charge in [0.25, 0.3) is 0 Å². The van der Waals surface area contributed by atoms with Crippen LogP contribution in [0.4, 0.5) is 0 Å². The van der Waals surface area contributed by atoms with Crippen molar-refractivity contribution in [2.75, 3.05) is 6.66 Å². The zero-order chi connectivity index (χ0) is 14.4. The molecular formula is C20H18P+. The second-order valence-electron chi connectivity index (χ2n) is 5.88. The van der Waals surface area contributed by atoms with E-state index in [1.165, 1.54) is 32.6 Å². The van der Waals surface area contributed by atoms with Gasteiger partial charge in [-0.15, -0.1) is 0 Å². The van der Waals surface area contributed by atoms with Gasteiger partial charge in [0.2, 0.25) is 0 Å². The highest BCUT2D eigenvalue weighted by Crippen LogP contribution is 2.59. The average Bonchev–Trinajstić information content (AvgIpc) is 2.80. The summed E-state index contributed by atoms with van der Waals surface area (Å²) in [5, 5.41) is 4.52. The van der Waals surface area contributed by atoms with E-state index in [4.69, 9.17) is 0 Å². The molecule has 1 heterocycles. The lowest BCUT2D eigenvalue weighted by atomic mass is 10.1. The van der Waals surface area contributed by atoms with Crippen LogP contribution in [0.15, 0.2) is 72.8 Å². The van der Waals surface area contributed by atoms with Crippen LogP contribution in [0.2, 0.25) is 0 Å². The fraction of sp³-hybridized carbons (Fsp3) is 0.100. The minimum atomic E-state index is -1.47. The minimum Gasteiger partial charge on any atom is -0.0614 e. The number of fused-ring (bicyclic) bond motifs is 3. The van der Waals surface area contributed by atoms with Gasteiger partial charge in [0.05, 0.1) is 6.66 Å². The summed E-state index contributed by atoms with van der Waals surface area (Å²) in [6.45, 7) is 4.61. The van der Waals surface area contributed by atoms with Crippen molar-refractivity contribution < 1.29 is 0 Å². The Labute approximate surface area is 126 Å². The summed E-state index contributed by atoms with van der Waals surface area (Å²) < 4.78 is 0. The maximum absolute atomic E-state index is 2.46. The van der Waals surface area contributed by atoms with Crippen molar-refractivity contribution in [3.05, 3.63) is 78.4 Å². The number of aryl methyl sites for hydroxylation is 1. The van der Waals surface area contributed by atoms with Gasteiger partial charge in [-0.3, -0.25) is 0 Å². The molecule has 4 rings (SSSR count). The molecule has 0 saturated heterocycles. The molecule has 0 nitrogen and oxygen atoms in total. The van der Waals surface area contributed by atoms with Crippen LogP contribution in [-0.2, 0) is 0 Å². The minimum absolute atomic E-state index is 1.33. The van der Waals surface area contributed by atoms with Gasteiger partial charge in [0.15, 0.2) is 0 Å². The molecule has 3 aromatic carbocycles. The van der Waals surface area contributed by atoms with Gasteiger partial charge in [-0.05, 0) is 31.2 Å². The molecule has 0 spiro atoms. The number of benzene rings is 3. The Morgan fingerprint density at radius 2 is 1.10 bits per heavy atom. The number of hydrogen-bond donors (Lipinski definition) is 0. The van der Waals surface area contributed by atoms with E-state index >= 15 is 0 Å². The molecule has 0 atom stereocenters. The average molecular weight is 289 g/mol. The van der Waals surface area contributed by atoms with Crippen molar-refractivity contribution in [3.8, 4) is 11.1 Å². The van der Waals surface area contributed by atoms with Gasteiger partial charge in [-0.2, -0.15) is 0 Å². The number of rotatable bonds is 1. The van der Waals surface area contributed by atoms with Crippen molar-refractivity contribution in [1.82, 2.24) is 0 Å². The largest absolute Gasteiger partial charge is 0.112 e. The van der Waals surface area contributed by atoms with Crippen LogP contribution in [0, 0.1) is 6.92 Å². The quantitative estimate of drug-likeness (QED) is 0.596. The third kappa shape index (κ3) is 1.73. The Bertz CT molecular complexity index is 770. The fourth-order valence-corrected chi connectivity index (χ4v) is 7.12. The van der Waals surface area contributed by atoms with Crippen LogP contribution in [0.3, 0.4) is 0 Å². The molecule has 1 aliphatic heterocycles. The molecule has 0 bridgehead atoms. The molecule has 1 heteroatoms. The van der Waals surface area contributed by atoms with Crippen LogP contribution < -0.4 is 15.9 Å². The Balaban J connectivity index is 2.06. The predicted octanol–water partition coefficient (Wildman–Crippen LogP) is 3.90. The van der Waals surface area contributed by atoms with Crippen molar-refractivity contribution in [3.63, 3.8) is 0 Å². The van der Waals surface area contributed by atoms with E-state index in [9.17, 15) is 0 Å². The molecule has 21 heavy (non-hydrogen) atoms. The van der Waals surface area contributed by atoms with Gasteiger partial charge >= 0.3 is 0 Å². The van der Waals surface area contributed by atoms with E-state index in [0.29, 0.717) is 0 Å². The van der Waals surface area contributed by atoms with E-state index in [0.717, 1.165) is 0 Å². The van der Waals surface area contributed by atoms with E-state index in [-0.39, 0.29) is 0 Å². The third-order valence-corrected chi connectivity index (χ3v) is 8.65. The zero-order valence-corrected chi connectivity index (χ0v) is 13.3. The summed E-state index contributed by atoms with van der Waals surface area (Å²) in [5.41, 5.74) is 4.17. The molecule has 1 aliphatic rings. The van der Waals surface area contributed by atoms with E-state index < -0.39 is 7.26 Å². The lowest BCUT2D eigenvalue weighted by Gasteiger charge is -2.19. The molecule has 0 saturated carbocycles. The Kier molecular flexibility index (Phi) is 2.77. The van der Waals surface area contributed by atoms with Crippen LogP contribution in [0.1, 0.15) is 5.56 Å². The molecule has 0 amide bonds. The molecule has 0 radical (unpaired) electrons. The summed E-state index contributed by atoms with van der Waals surface area (Å²) in [6, 6.07) is 27.0. The molecule has 0 N–H and O–H groups in total. The molecule has 0 aliphatic carbocycles. The molecule has 0 unspecified atom stereocenters. The SMILES string of the molecule is Cc1ccc([P+]2(C)c3ccccc3-c3ccccc32)cc1. The van der Waals surface area contributed by atoms with Crippen LogP contribution in [0.5, 0.6) is 0 Å². The third-order valence-electron chi connectivity index (χ3n) is 4.61. The fourth-order valence-electron chi connectivity index (χ4n) is 3.43. The van der Waals surface area contributed by atoms with Crippen LogP contribution in [-0.4, -0.2) is 6.66 Å². The second kappa shape index (κ2) is 4.55. The normalized spacial score (nSPS) is 14.6. The van der Waals surface area contributed by atoms with Crippen molar-refractivity contribution in [2.24, 2.45) is 0 Å². The second-order valence-corrected chi connectivity index (χ2v) is 9.37. The summed E-state index contributed by atoms with van der Waals surface area (Å²) in [5.74, 6) is 0. The molecule has 0 aromatic heterocycles. The first-order valence-electron chi connectivity index (χ1n) is 7.34. The Morgan fingerprint density at radius 3 is 1.62 bits per heavy atom. The summed E-state index contributed by atoms with van der Waals surface area (Å²) >= 11 is 0. The maximum atomic E-state index is 2.46. The van der Waals surface area contributed by atoms with Gasteiger partial charge in [0, 0.05) is 11.1 Å². The highest BCUT2D eigenvalue weighted by atomic mass is 31.2. The van der Waals surface area contributed by atoms with Crippen molar-refractivity contribution in [2.45, 2.75) is 6.92 Å². The van der Waals surface area contributed by atoms with Gasteiger partial charge < -0.3 is 0 Å². The van der Waals surface area contributed by atoms with E-state index in [2.05, 4.69) is 86.4 Å². The monoisotopic (exact) mass is 289 g/mol. The Morgan fingerprint density at radius 1 is 0.619 bits per heavy atom. The summed E-state index contributed by atoms with van der Waals surface area (Å²) in [4.78, 5) is 0. The first-order chi connectivity index (χ1) is 10.2.